The van der Waals surface area contributed by atoms with Crippen LogP contribution in [0.1, 0.15) is 28.7 Å². The lowest BCUT2D eigenvalue weighted by Gasteiger charge is -2.11. The first kappa shape index (κ1) is 16.5. The smallest absolute Gasteiger partial charge is 0.193 e. The van der Waals surface area contributed by atoms with Crippen molar-refractivity contribution in [3.8, 4) is 0 Å². The van der Waals surface area contributed by atoms with Gasteiger partial charge in [0.25, 0.3) is 0 Å². The first-order valence-electron chi connectivity index (χ1n) is 8.51. The number of rotatable bonds is 5. The molecule has 126 valence electrons. The van der Waals surface area contributed by atoms with Gasteiger partial charge in [0, 0.05) is 12.2 Å². The molecule has 0 spiro atoms. The van der Waals surface area contributed by atoms with Crippen LogP contribution in [-0.4, -0.2) is 25.0 Å². The summed E-state index contributed by atoms with van der Waals surface area (Å²) >= 11 is 0. The average Bonchev–Trinajstić information content (AvgIpc) is 3.00. The number of hydrogen-bond acceptors (Lipinski definition) is 2. The fourth-order valence-electron chi connectivity index (χ4n) is 3.20. The highest BCUT2D eigenvalue weighted by molar-refractivity contribution is 5.92. The maximum Gasteiger partial charge on any atom is 0.193 e. The van der Waals surface area contributed by atoms with E-state index in [1.807, 2.05) is 0 Å². The van der Waals surface area contributed by atoms with Gasteiger partial charge in [0.2, 0.25) is 0 Å². The molecule has 0 bridgehead atoms. The van der Waals surface area contributed by atoms with Crippen LogP contribution in [0.4, 0.5) is 5.69 Å². The normalized spacial score (nSPS) is 14.0. The predicted octanol–water partition coefficient (Wildman–Crippen LogP) is 3.16. The lowest BCUT2D eigenvalue weighted by molar-refractivity contribution is 0.402. The van der Waals surface area contributed by atoms with Gasteiger partial charge in [-0.25, -0.2) is 4.99 Å². The molecule has 2 aromatic rings. The van der Waals surface area contributed by atoms with Gasteiger partial charge in [0.15, 0.2) is 5.96 Å². The molecule has 0 aliphatic heterocycles. The molecule has 0 aromatic heterocycles. The van der Waals surface area contributed by atoms with E-state index in [2.05, 4.69) is 71.8 Å². The monoisotopic (exact) mass is 322 g/mol. The van der Waals surface area contributed by atoms with Crippen LogP contribution in [-0.2, 0) is 25.9 Å². The summed E-state index contributed by atoms with van der Waals surface area (Å²) in [5.41, 5.74) is 12.4. The largest absolute Gasteiger partial charge is 0.370 e. The van der Waals surface area contributed by atoms with Gasteiger partial charge in [0.05, 0.1) is 6.54 Å². The summed E-state index contributed by atoms with van der Waals surface area (Å²) in [4.78, 5) is 6.63. The van der Waals surface area contributed by atoms with E-state index < -0.39 is 0 Å². The van der Waals surface area contributed by atoms with Gasteiger partial charge in [-0.3, -0.25) is 0 Å². The molecule has 0 saturated carbocycles. The molecule has 3 N–H and O–H groups in total. The van der Waals surface area contributed by atoms with Gasteiger partial charge in [-0.1, -0.05) is 30.3 Å². The minimum Gasteiger partial charge on any atom is -0.370 e. The molecular formula is C20H26N4. The average molecular weight is 322 g/mol. The number of nitrogens with two attached hydrogens (primary N) is 1. The van der Waals surface area contributed by atoms with E-state index in [4.69, 9.17) is 5.73 Å². The molecule has 1 aliphatic carbocycles. The molecule has 1 aliphatic rings. The van der Waals surface area contributed by atoms with E-state index in [9.17, 15) is 0 Å². The van der Waals surface area contributed by atoms with Crippen LogP contribution in [0.3, 0.4) is 0 Å². The van der Waals surface area contributed by atoms with Crippen LogP contribution < -0.4 is 11.1 Å². The van der Waals surface area contributed by atoms with Gasteiger partial charge >= 0.3 is 0 Å². The Morgan fingerprint density at radius 2 is 1.88 bits per heavy atom. The highest BCUT2D eigenvalue weighted by Gasteiger charge is 2.10. The summed E-state index contributed by atoms with van der Waals surface area (Å²) in [7, 11) is 4.15. The van der Waals surface area contributed by atoms with E-state index in [1.54, 1.807) is 0 Å². The summed E-state index contributed by atoms with van der Waals surface area (Å²) < 4.78 is 0. The van der Waals surface area contributed by atoms with Crippen LogP contribution >= 0.6 is 0 Å². The van der Waals surface area contributed by atoms with Crippen LogP contribution in [0.25, 0.3) is 0 Å². The molecule has 4 nitrogen and oxygen atoms in total. The first-order chi connectivity index (χ1) is 11.6. The number of nitrogens with zero attached hydrogens (tertiary/aromatic N) is 2. The summed E-state index contributed by atoms with van der Waals surface area (Å²) in [6.07, 6.45) is 3.62. The molecule has 24 heavy (non-hydrogen) atoms. The Balaban J connectivity index is 1.62. The molecule has 0 saturated heterocycles. The third-order valence-corrected chi connectivity index (χ3v) is 4.29. The molecule has 0 atom stereocenters. The Labute approximate surface area is 144 Å². The number of benzene rings is 2. The van der Waals surface area contributed by atoms with Gasteiger partial charge in [-0.15, -0.1) is 0 Å². The maximum atomic E-state index is 6.05. The topological polar surface area (TPSA) is 53.6 Å². The zero-order chi connectivity index (χ0) is 16.9. The van der Waals surface area contributed by atoms with Crippen molar-refractivity contribution >= 4 is 11.6 Å². The molecule has 0 radical (unpaired) electrons. The minimum absolute atomic E-state index is 0.464. The number of nitrogens with one attached hydrogen (secondary N) is 1. The first-order valence-corrected chi connectivity index (χ1v) is 8.51. The van der Waals surface area contributed by atoms with E-state index in [1.165, 1.54) is 41.5 Å². The molecule has 3 rings (SSSR count). The fourth-order valence-corrected chi connectivity index (χ4v) is 3.20. The van der Waals surface area contributed by atoms with Crippen molar-refractivity contribution in [2.24, 2.45) is 10.7 Å². The molecule has 0 fully saturated rings. The van der Waals surface area contributed by atoms with Gasteiger partial charge < -0.3 is 16.0 Å². The number of fused-ring (bicyclic) bond motifs is 1. The summed E-state index contributed by atoms with van der Waals surface area (Å²) in [6, 6.07) is 15.0. The van der Waals surface area contributed by atoms with Crippen molar-refractivity contribution in [1.82, 2.24) is 4.90 Å². The van der Waals surface area contributed by atoms with Crippen molar-refractivity contribution in [3.05, 3.63) is 64.7 Å². The van der Waals surface area contributed by atoms with E-state index in [0.717, 1.165) is 12.2 Å². The fraction of sp³-hybridized carbons (Fsp3) is 0.350. The Morgan fingerprint density at radius 3 is 2.71 bits per heavy atom. The lowest BCUT2D eigenvalue weighted by atomic mass is 10.1. The number of aliphatic imine (C=N–C) groups is 1. The lowest BCUT2D eigenvalue weighted by Crippen LogP contribution is -2.22. The molecule has 2 aromatic carbocycles. The summed E-state index contributed by atoms with van der Waals surface area (Å²) in [5.74, 6) is 0.464. The Morgan fingerprint density at radius 1 is 1.08 bits per heavy atom. The number of anilines is 1. The second-order valence-corrected chi connectivity index (χ2v) is 6.72. The minimum atomic E-state index is 0.464. The molecule has 4 heteroatoms. The van der Waals surface area contributed by atoms with E-state index in [-0.39, 0.29) is 0 Å². The quantitative estimate of drug-likeness (QED) is 0.657. The zero-order valence-electron chi connectivity index (χ0n) is 14.5. The third-order valence-electron chi connectivity index (χ3n) is 4.29. The van der Waals surface area contributed by atoms with Crippen molar-refractivity contribution < 1.29 is 0 Å². The number of aryl methyl sites for hydroxylation is 2. The Hall–Kier alpha value is -2.33. The van der Waals surface area contributed by atoms with Gasteiger partial charge in [-0.05, 0) is 67.7 Å². The summed E-state index contributed by atoms with van der Waals surface area (Å²) in [6.45, 7) is 1.52. The van der Waals surface area contributed by atoms with Crippen LogP contribution in [0.15, 0.2) is 47.5 Å². The number of guanidine groups is 1. The van der Waals surface area contributed by atoms with E-state index in [0.29, 0.717) is 12.5 Å². The SMILES string of the molecule is CN(C)Cc1cccc(CN=C(N)Nc2ccc3c(c2)CCC3)c1. The van der Waals surface area contributed by atoms with Crippen LogP contribution in [0.2, 0.25) is 0 Å². The predicted molar refractivity (Wildman–Crippen MR) is 101 cm³/mol. The maximum absolute atomic E-state index is 6.05. The molecule has 0 amide bonds. The Bertz CT molecular complexity index is 734. The van der Waals surface area contributed by atoms with Crippen molar-refractivity contribution in [1.29, 1.82) is 0 Å². The summed E-state index contributed by atoms with van der Waals surface area (Å²) in [5, 5.41) is 3.21. The molecule has 0 unspecified atom stereocenters. The van der Waals surface area contributed by atoms with Gasteiger partial charge in [0.1, 0.15) is 0 Å². The van der Waals surface area contributed by atoms with Crippen molar-refractivity contribution in [3.63, 3.8) is 0 Å². The number of hydrogen-bond donors (Lipinski definition) is 2. The van der Waals surface area contributed by atoms with Crippen molar-refractivity contribution in [2.75, 3.05) is 19.4 Å². The third kappa shape index (κ3) is 4.36. The highest BCUT2D eigenvalue weighted by Crippen LogP contribution is 2.24. The standard InChI is InChI=1S/C20H26N4/c1-24(2)14-16-6-3-5-15(11-16)13-22-20(21)23-19-10-9-17-7-4-8-18(17)12-19/h3,5-6,9-12H,4,7-8,13-14H2,1-2H3,(H3,21,22,23). The molecule has 0 heterocycles. The second-order valence-electron chi connectivity index (χ2n) is 6.72. The van der Waals surface area contributed by atoms with Crippen LogP contribution in [0, 0.1) is 0 Å². The van der Waals surface area contributed by atoms with Gasteiger partial charge in [-0.2, -0.15) is 0 Å². The second kappa shape index (κ2) is 7.49. The van der Waals surface area contributed by atoms with Crippen molar-refractivity contribution in [2.45, 2.75) is 32.4 Å². The highest BCUT2D eigenvalue weighted by atomic mass is 15.1. The van der Waals surface area contributed by atoms with Crippen LogP contribution in [0.5, 0.6) is 0 Å². The van der Waals surface area contributed by atoms with E-state index >= 15 is 0 Å². The molecular weight excluding hydrogens is 296 g/mol. The zero-order valence-corrected chi connectivity index (χ0v) is 14.5. The Kier molecular flexibility index (Phi) is 5.16.